The van der Waals surface area contributed by atoms with Crippen molar-refractivity contribution in [2.75, 3.05) is 12.8 Å². The van der Waals surface area contributed by atoms with Crippen LogP contribution in [0.5, 0.6) is 0 Å². The summed E-state index contributed by atoms with van der Waals surface area (Å²) in [6.07, 6.45) is 2.94. The molecule has 0 spiro atoms. The van der Waals surface area contributed by atoms with Gasteiger partial charge in [0, 0.05) is 26.4 Å². The van der Waals surface area contributed by atoms with Crippen LogP contribution in [0.2, 0.25) is 0 Å². The second kappa shape index (κ2) is 5.72. The Morgan fingerprint density at radius 1 is 1.50 bits per heavy atom. The van der Waals surface area contributed by atoms with E-state index in [9.17, 15) is 4.79 Å². The van der Waals surface area contributed by atoms with Gasteiger partial charge in [0.1, 0.15) is 18.0 Å². The molecule has 2 N–H and O–H groups in total. The smallest absolute Gasteiger partial charge is 0.360 e. The molecule has 0 aliphatic rings. The van der Waals surface area contributed by atoms with Gasteiger partial charge in [-0.05, 0) is 0 Å². The molecule has 0 aliphatic carbocycles. The standard InChI is InChI=1S/C12H18N6O2/c1-4-9-15-10(12(19)20-3)11(13)18(9)6-5-8-14-7-17(2)16-8/h7H,4-6,13H2,1-3H3. The summed E-state index contributed by atoms with van der Waals surface area (Å²) in [5.74, 6) is 1.28. The van der Waals surface area contributed by atoms with Crippen LogP contribution in [-0.2, 0) is 31.2 Å². The summed E-state index contributed by atoms with van der Waals surface area (Å²) < 4.78 is 8.13. The number of nitrogens with zero attached hydrogens (tertiary/aromatic N) is 5. The topological polar surface area (TPSA) is 101 Å². The van der Waals surface area contributed by atoms with Crippen molar-refractivity contribution >= 4 is 11.8 Å². The molecule has 0 aliphatic heterocycles. The van der Waals surface area contributed by atoms with E-state index in [-0.39, 0.29) is 5.69 Å². The highest BCUT2D eigenvalue weighted by atomic mass is 16.5. The summed E-state index contributed by atoms with van der Waals surface area (Å²) in [7, 11) is 3.12. The maximum absolute atomic E-state index is 11.6. The van der Waals surface area contributed by atoms with Crippen molar-refractivity contribution in [2.45, 2.75) is 26.3 Å². The van der Waals surface area contributed by atoms with Gasteiger partial charge in [-0.15, -0.1) is 0 Å². The van der Waals surface area contributed by atoms with Gasteiger partial charge in [-0.25, -0.2) is 14.8 Å². The third-order valence-corrected chi connectivity index (χ3v) is 2.99. The van der Waals surface area contributed by atoms with E-state index in [1.807, 2.05) is 18.5 Å². The van der Waals surface area contributed by atoms with Gasteiger partial charge in [-0.2, -0.15) is 5.10 Å². The molecule has 2 heterocycles. The summed E-state index contributed by atoms with van der Waals surface area (Å²) in [5, 5.41) is 4.21. The monoisotopic (exact) mass is 278 g/mol. The van der Waals surface area contributed by atoms with E-state index in [1.54, 1.807) is 11.0 Å². The first-order valence-corrected chi connectivity index (χ1v) is 6.34. The van der Waals surface area contributed by atoms with Gasteiger partial charge < -0.3 is 15.0 Å². The van der Waals surface area contributed by atoms with Crippen LogP contribution in [0.15, 0.2) is 6.33 Å². The maximum Gasteiger partial charge on any atom is 0.360 e. The Balaban J connectivity index is 2.21. The molecule has 0 radical (unpaired) electrons. The Bertz CT molecular complexity index is 615. The van der Waals surface area contributed by atoms with Crippen LogP contribution >= 0.6 is 0 Å². The highest BCUT2D eigenvalue weighted by molar-refractivity contribution is 5.92. The largest absolute Gasteiger partial charge is 0.464 e. The molecule has 2 aromatic heterocycles. The average molecular weight is 278 g/mol. The van der Waals surface area contributed by atoms with Gasteiger partial charge in [0.15, 0.2) is 11.5 Å². The highest BCUT2D eigenvalue weighted by Gasteiger charge is 2.20. The summed E-state index contributed by atoms with van der Waals surface area (Å²) in [6.45, 7) is 2.53. The number of aryl methyl sites for hydroxylation is 3. The van der Waals surface area contributed by atoms with Crippen molar-refractivity contribution in [1.29, 1.82) is 0 Å². The van der Waals surface area contributed by atoms with Gasteiger partial charge in [0.25, 0.3) is 0 Å². The van der Waals surface area contributed by atoms with Gasteiger partial charge >= 0.3 is 5.97 Å². The number of esters is 1. The fourth-order valence-electron chi connectivity index (χ4n) is 1.99. The molecule has 0 saturated carbocycles. The van der Waals surface area contributed by atoms with Gasteiger partial charge in [-0.3, -0.25) is 4.68 Å². The molecule has 0 atom stereocenters. The highest BCUT2D eigenvalue weighted by Crippen LogP contribution is 2.16. The fourth-order valence-corrected chi connectivity index (χ4v) is 1.99. The SMILES string of the molecule is CCc1nc(C(=O)OC)c(N)n1CCc1ncn(C)n1. The first-order chi connectivity index (χ1) is 9.56. The zero-order chi connectivity index (χ0) is 14.7. The van der Waals surface area contributed by atoms with Crippen LogP contribution in [0.3, 0.4) is 0 Å². The Labute approximate surface area is 116 Å². The third kappa shape index (κ3) is 2.63. The van der Waals surface area contributed by atoms with Gasteiger partial charge in [0.05, 0.1) is 7.11 Å². The van der Waals surface area contributed by atoms with Crippen LogP contribution in [-0.4, -0.2) is 37.4 Å². The number of hydrogen-bond acceptors (Lipinski definition) is 6. The number of nitrogen functional groups attached to an aromatic ring is 1. The fraction of sp³-hybridized carbons (Fsp3) is 0.500. The molecule has 0 fully saturated rings. The molecule has 2 rings (SSSR count). The van der Waals surface area contributed by atoms with E-state index in [0.717, 1.165) is 11.6 Å². The molecule has 108 valence electrons. The Morgan fingerprint density at radius 2 is 2.25 bits per heavy atom. The number of rotatable bonds is 5. The van der Waals surface area contributed by atoms with Crippen LogP contribution in [0.4, 0.5) is 5.82 Å². The second-order valence-electron chi connectivity index (χ2n) is 4.34. The third-order valence-electron chi connectivity index (χ3n) is 2.99. The van der Waals surface area contributed by atoms with Crippen LogP contribution in [0.25, 0.3) is 0 Å². The molecule has 8 nitrogen and oxygen atoms in total. The zero-order valence-corrected chi connectivity index (χ0v) is 11.8. The number of aromatic nitrogens is 5. The summed E-state index contributed by atoms with van der Waals surface area (Å²) in [4.78, 5) is 20.0. The number of imidazole rings is 1. The van der Waals surface area contributed by atoms with E-state index in [1.165, 1.54) is 7.11 Å². The van der Waals surface area contributed by atoms with Crippen molar-refractivity contribution in [3.8, 4) is 0 Å². The molecule has 0 saturated heterocycles. The maximum atomic E-state index is 11.6. The molecular weight excluding hydrogens is 260 g/mol. The van der Waals surface area contributed by atoms with Crippen molar-refractivity contribution in [3.63, 3.8) is 0 Å². The Hall–Kier alpha value is -2.38. The lowest BCUT2D eigenvalue weighted by Crippen LogP contribution is -2.11. The van der Waals surface area contributed by atoms with E-state index >= 15 is 0 Å². The lowest BCUT2D eigenvalue weighted by molar-refractivity contribution is 0.0595. The lowest BCUT2D eigenvalue weighted by Gasteiger charge is -2.07. The van der Waals surface area contributed by atoms with Crippen LogP contribution in [0, 0.1) is 0 Å². The summed E-state index contributed by atoms with van der Waals surface area (Å²) in [5.41, 5.74) is 6.14. The summed E-state index contributed by atoms with van der Waals surface area (Å²) >= 11 is 0. The predicted octanol–water partition coefficient (Wildman–Crippen LogP) is 0.185. The van der Waals surface area contributed by atoms with E-state index < -0.39 is 5.97 Å². The number of carbonyl (C=O) groups is 1. The number of anilines is 1. The Kier molecular flexibility index (Phi) is 4.02. The normalized spacial score (nSPS) is 10.8. The van der Waals surface area contributed by atoms with Crippen LogP contribution < -0.4 is 5.73 Å². The Morgan fingerprint density at radius 3 is 2.80 bits per heavy atom. The average Bonchev–Trinajstić information content (AvgIpc) is 2.99. The minimum Gasteiger partial charge on any atom is -0.464 e. The van der Waals surface area contributed by atoms with E-state index in [4.69, 9.17) is 5.73 Å². The molecule has 8 heteroatoms. The molecule has 20 heavy (non-hydrogen) atoms. The molecule has 0 unspecified atom stereocenters. The number of nitrogens with two attached hydrogens (primary N) is 1. The van der Waals surface area contributed by atoms with E-state index in [2.05, 4.69) is 19.8 Å². The molecule has 0 bridgehead atoms. The predicted molar refractivity (Wildman–Crippen MR) is 72.1 cm³/mol. The first-order valence-electron chi connectivity index (χ1n) is 6.34. The number of methoxy groups -OCH3 is 1. The molecule has 0 aromatic carbocycles. The van der Waals surface area contributed by atoms with Crippen LogP contribution in [0.1, 0.15) is 29.1 Å². The number of carbonyl (C=O) groups excluding carboxylic acids is 1. The number of hydrogen-bond donors (Lipinski definition) is 1. The second-order valence-corrected chi connectivity index (χ2v) is 4.34. The minimum absolute atomic E-state index is 0.165. The first kappa shape index (κ1) is 14.0. The molecular formula is C12H18N6O2. The minimum atomic E-state index is -0.521. The lowest BCUT2D eigenvalue weighted by atomic mass is 10.3. The zero-order valence-electron chi connectivity index (χ0n) is 11.8. The molecule has 0 amide bonds. The molecule has 2 aromatic rings. The van der Waals surface area contributed by atoms with Crippen molar-refractivity contribution in [1.82, 2.24) is 24.3 Å². The van der Waals surface area contributed by atoms with E-state index in [0.29, 0.717) is 25.2 Å². The number of ether oxygens (including phenoxy) is 1. The quantitative estimate of drug-likeness (QED) is 0.783. The van der Waals surface area contributed by atoms with Crippen molar-refractivity contribution in [2.24, 2.45) is 7.05 Å². The van der Waals surface area contributed by atoms with Gasteiger partial charge in [-0.1, -0.05) is 6.92 Å². The van der Waals surface area contributed by atoms with Crippen molar-refractivity contribution in [3.05, 3.63) is 23.7 Å². The summed E-state index contributed by atoms with van der Waals surface area (Å²) in [6, 6.07) is 0. The van der Waals surface area contributed by atoms with Gasteiger partial charge in [0.2, 0.25) is 0 Å². The van der Waals surface area contributed by atoms with Crippen molar-refractivity contribution < 1.29 is 9.53 Å².